The van der Waals surface area contributed by atoms with Gasteiger partial charge in [0.1, 0.15) is 11.3 Å². The van der Waals surface area contributed by atoms with Crippen LogP contribution in [0.4, 0.5) is 5.69 Å². The number of nitrogens with zero attached hydrogens (tertiary/aromatic N) is 4. The van der Waals surface area contributed by atoms with Gasteiger partial charge in [-0.1, -0.05) is 6.07 Å². The van der Waals surface area contributed by atoms with E-state index < -0.39 is 0 Å². The first kappa shape index (κ1) is 15.3. The molecule has 1 aliphatic rings. The number of carbonyl (C=O) groups is 1. The maximum absolute atomic E-state index is 13.0. The van der Waals surface area contributed by atoms with Gasteiger partial charge < -0.3 is 5.32 Å². The molecule has 0 aliphatic heterocycles. The quantitative estimate of drug-likeness (QED) is 0.726. The largest absolute Gasteiger partial charge is 0.322 e. The summed E-state index contributed by atoms with van der Waals surface area (Å²) in [7, 11) is 0. The van der Waals surface area contributed by atoms with Gasteiger partial charge in [0, 0.05) is 15.5 Å². The molecule has 0 saturated carbocycles. The van der Waals surface area contributed by atoms with Crippen LogP contribution in [0.1, 0.15) is 27.2 Å². The lowest BCUT2D eigenvalue weighted by atomic mass is 10.1. The molecule has 1 amide bonds. The van der Waals surface area contributed by atoms with Gasteiger partial charge in [-0.25, -0.2) is 0 Å². The molecule has 0 spiro atoms. The van der Waals surface area contributed by atoms with Crippen LogP contribution in [0.2, 0.25) is 0 Å². The normalized spacial score (nSPS) is 13.0. The lowest BCUT2D eigenvalue weighted by Gasteiger charge is -2.09. The molecular weight excluding hydrogens is 342 g/mol. The summed E-state index contributed by atoms with van der Waals surface area (Å²) in [5, 5.41) is 15.2. The Morgan fingerprint density at radius 1 is 1.38 bits per heavy atom. The molecule has 6 nitrogen and oxygen atoms in total. The number of fused-ring (bicyclic) bond motifs is 1. The van der Waals surface area contributed by atoms with Crippen LogP contribution in [-0.4, -0.2) is 32.4 Å². The van der Waals surface area contributed by atoms with Crippen LogP contribution in [-0.2, 0) is 12.8 Å². The summed E-state index contributed by atoms with van der Waals surface area (Å²) in [6.07, 6.45) is 6.60. The minimum Gasteiger partial charge on any atom is -0.322 e. The third kappa shape index (κ3) is 2.71. The van der Waals surface area contributed by atoms with Crippen LogP contribution >= 0.6 is 23.1 Å². The molecule has 2 heterocycles. The molecule has 24 heavy (non-hydrogen) atoms. The summed E-state index contributed by atoms with van der Waals surface area (Å²) in [4.78, 5) is 15.3. The molecule has 2 aromatic heterocycles. The van der Waals surface area contributed by atoms with E-state index in [0.717, 1.165) is 40.4 Å². The number of anilines is 1. The number of rotatable bonds is 4. The molecule has 0 atom stereocenters. The molecule has 122 valence electrons. The first-order valence-electron chi connectivity index (χ1n) is 7.59. The van der Waals surface area contributed by atoms with Gasteiger partial charge in [-0.2, -0.15) is 4.68 Å². The Morgan fingerprint density at radius 3 is 3.08 bits per heavy atom. The zero-order valence-electron chi connectivity index (χ0n) is 13.0. The van der Waals surface area contributed by atoms with Gasteiger partial charge in [0.25, 0.3) is 5.91 Å². The molecule has 0 bridgehead atoms. The number of aromatic nitrogens is 4. The number of carbonyl (C=O) groups excluding carboxylic acids is 1. The maximum atomic E-state index is 13.0. The lowest BCUT2D eigenvalue weighted by molar-refractivity contribution is 0.102. The van der Waals surface area contributed by atoms with Crippen LogP contribution in [0.3, 0.4) is 0 Å². The summed E-state index contributed by atoms with van der Waals surface area (Å²) in [5.41, 5.74) is 2.64. The molecule has 4 rings (SSSR count). The van der Waals surface area contributed by atoms with Crippen LogP contribution < -0.4 is 5.32 Å². The predicted molar refractivity (Wildman–Crippen MR) is 95.2 cm³/mol. The Morgan fingerprint density at radius 2 is 2.29 bits per heavy atom. The van der Waals surface area contributed by atoms with Gasteiger partial charge in [0.05, 0.1) is 5.56 Å². The Labute approximate surface area is 147 Å². The van der Waals surface area contributed by atoms with E-state index in [4.69, 9.17) is 0 Å². The van der Waals surface area contributed by atoms with Gasteiger partial charge in [0.15, 0.2) is 0 Å². The van der Waals surface area contributed by atoms with E-state index in [0.29, 0.717) is 5.56 Å². The van der Waals surface area contributed by atoms with Gasteiger partial charge in [-0.05, 0) is 59.7 Å². The summed E-state index contributed by atoms with van der Waals surface area (Å²) in [6.45, 7) is 0. The number of nitrogens with one attached hydrogen (secondary N) is 1. The van der Waals surface area contributed by atoms with Gasteiger partial charge in [-0.15, -0.1) is 28.2 Å². The highest BCUT2D eigenvalue weighted by Gasteiger charge is 2.28. The van der Waals surface area contributed by atoms with Crippen molar-refractivity contribution in [2.75, 3.05) is 11.6 Å². The summed E-state index contributed by atoms with van der Waals surface area (Å²) in [6, 6.07) is 7.85. The molecule has 8 heteroatoms. The van der Waals surface area contributed by atoms with Crippen molar-refractivity contribution in [2.45, 2.75) is 24.2 Å². The van der Waals surface area contributed by atoms with Crippen molar-refractivity contribution >= 4 is 34.7 Å². The van der Waals surface area contributed by atoms with Crippen molar-refractivity contribution in [1.29, 1.82) is 0 Å². The zero-order valence-corrected chi connectivity index (χ0v) is 14.7. The van der Waals surface area contributed by atoms with Crippen LogP contribution in [0.15, 0.2) is 35.5 Å². The highest BCUT2D eigenvalue weighted by Crippen LogP contribution is 2.37. The number of thiophene rings is 1. The van der Waals surface area contributed by atoms with Gasteiger partial charge in [-0.3, -0.25) is 4.79 Å². The molecule has 1 aromatic carbocycles. The summed E-state index contributed by atoms with van der Waals surface area (Å²) >= 11 is 3.26. The number of benzene rings is 1. The van der Waals surface area contributed by atoms with E-state index in [-0.39, 0.29) is 5.91 Å². The van der Waals surface area contributed by atoms with Crippen LogP contribution in [0, 0.1) is 0 Å². The number of amides is 1. The molecule has 1 aliphatic carbocycles. The number of thioether (sulfide) groups is 1. The second kappa shape index (κ2) is 6.37. The van der Waals surface area contributed by atoms with Crippen LogP contribution in [0.25, 0.3) is 5.00 Å². The Bertz CT molecular complexity index is 888. The van der Waals surface area contributed by atoms with Crippen molar-refractivity contribution < 1.29 is 4.79 Å². The minimum atomic E-state index is -0.0989. The smallest absolute Gasteiger partial charge is 0.259 e. The average Bonchev–Trinajstić information content (AvgIpc) is 3.30. The summed E-state index contributed by atoms with van der Waals surface area (Å²) in [5.74, 6) is -0.0989. The number of tetrazole rings is 1. The van der Waals surface area contributed by atoms with Crippen molar-refractivity contribution in [3.63, 3.8) is 0 Å². The fraction of sp³-hybridized carbons (Fsp3) is 0.250. The molecular formula is C16H15N5OS2. The Hall–Kier alpha value is -2.19. The van der Waals surface area contributed by atoms with E-state index in [1.54, 1.807) is 27.8 Å². The second-order valence-electron chi connectivity index (χ2n) is 5.48. The van der Waals surface area contributed by atoms with Crippen molar-refractivity contribution in [2.24, 2.45) is 0 Å². The monoisotopic (exact) mass is 357 g/mol. The topological polar surface area (TPSA) is 72.7 Å². The number of aryl methyl sites for hydroxylation is 1. The Balaban J connectivity index is 1.71. The summed E-state index contributed by atoms with van der Waals surface area (Å²) < 4.78 is 1.58. The molecule has 0 unspecified atom stereocenters. The van der Waals surface area contributed by atoms with Crippen molar-refractivity contribution in [3.8, 4) is 5.00 Å². The molecule has 1 N–H and O–H groups in total. The fourth-order valence-corrected chi connectivity index (χ4v) is 4.70. The third-order valence-corrected chi connectivity index (χ3v) is 6.02. The Kier molecular flexibility index (Phi) is 4.07. The average molecular weight is 357 g/mol. The highest BCUT2D eigenvalue weighted by molar-refractivity contribution is 7.98. The van der Waals surface area contributed by atoms with Gasteiger partial charge >= 0.3 is 0 Å². The molecule has 3 aromatic rings. The van der Waals surface area contributed by atoms with Gasteiger partial charge in [0.2, 0.25) is 0 Å². The first-order valence-corrected chi connectivity index (χ1v) is 9.63. The van der Waals surface area contributed by atoms with Crippen LogP contribution in [0.5, 0.6) is 0 Å². The first-order chi connectivity index (χ1) is 11.8. The SMILES string of the molecule is CSc1cccc(NC(=O)c2c(-n3cnnn3)sc3c2CCC3)c1. The van der Waals surface area contributed by atoms with E-state index in [9.17, 15) is 4.79 Å². The van der Waals surface area contributed by atoms with Crippen molar-refractivity contribution in [3.05, 3.63) is 46.6 Å². The number of hydrogen-bond acceptors (Lipinski definition) is 6. The fourth-order valence-electron chi connectivity index (χ4n) is 2.93. The minimum absolute atomic E-state index is 0.0989. The molecule has 0 saturated heterocycles. The second-order valence-corrected chi connectivity index (χ2v) is 7.44. The van der Waals surface area contributed by atoms with E-state index >= 15 is 0 Å². The predicted octanol–water partition coefficient (Wildman–Crippen LogP) is 3.19. The number of hydrogen-bond donors (Lipinski definition) is 1. The van der Waals surface area contributed by atoms with E-state index in [1.807, 2.05) is 30.5 Å². The highest BCUT2D eigenvalue weighted by atomic mass is 32.2. The van der Waals surface area contributed by atoms with Crippen molar-refractivity contribution in [1.82, 2.24) is 20.2 Å². The maximum Gasteiger partial charge on any atom is 0.259 e. The van der Waals surface area contributed by atoms with E-state index in [2.05, 4.69) is 20.8 Å². The van der Waals surface area contributed by atoms with E-state index in [1.165, 1.54) is 11.2 Å². The third-order valence-electron chi connectivity index (χ3n) is 4.01. The molecule has 0 radical (unpaired) electrons. The molecule has 0 fully saturated rings. The standard InChI is InChI=1S/C16H15N5OS2/c1-23-11-5-2-4-10(8-11)18-15(22)14-12-6-3-7-13(12)24-16(14)21-9-17-19-20-21/h2,4-5,8-9H,3,6-7H2,1H3,(H,18,22). The lowest BCUT2D eigenvalue weighted by Crippen LogP contribution is -2.15. The zero-order chi connectivity index (χ0) is 16.5.